The van der Waals surface area contributed by atoms with Crippen molar-refractivity contribution in [3.05, 3.63) is 29.0 Å². The number of carbonyl (C=O) groups excluding carboxylic acids is 1. The molecule has 0 amide bonds. The molecule has 1 aliphatic rings. The lowest BCUT2D eigenvalue weighted by molar-refractivity contribution is 0.0974. The third-order valence-corrected chi connectivity index (χ3v) is 3.50. The molecule has 2 aromatic rings. The van der Waals surface area contributed by atoms with E-state index in [1.807, 2.05) is 19.1 Å². The maximum atomic E-state index is 12.0. The van der Waals surface area contributed by atoms with Crippen molar-refractivity contribution in [2.75, 3.05) is 7.11 Å². The topological polar surface area (TPSA) is 42.1 Å². The predicted molar refractivity (Wildman–Crippen MR) is 66.9 cm³/mol. The van der Waals surface area contributed by atoms with Crippen molar-refractivity contribution < 1.29 is 9.53 Å². The van der Waals surface area contributed by atoms with Gasteiger partial charge < -0.3 is 9.72 Å². The zero-order chi connectivity index (χ0) is 12.0. The van der Waals surface area contributed by atoms with Crippen molar-refractivity contribution in [2.24, 2.45) is 0 Å². The highest BCUT2D eigenvalue weighted by Gasteiger charge is 2.23. The van der Waals surface area contributed by atoms with Crippen LogP contribution in [-0.2, 0) is 6.42 Å². The number of hydrogen-bond donors (Lipinski definition) is 1. The van der Waals surface area contributed by atoms with E-state index in [0.29, 0.717) is 6.42 Å². The van der Waals surface area contributed by atoms with Crippen molar-refractivity contribution in [1.29, 1.82) is 0 Å². The number of ether oxygens (including phenoxy) is 1. The number of carbonyl (C=O) groups is 1. The number of H-pyrrole nitrogens is 1. The molecule has 0 bridgehead atoms. The number of Topliss-reactive ketones (excluding diaryl/α,β-unsaturated/α-hetero) is 1. The Morgan fingerprint density at radius 3 is 2.88 bits per heavy atom. The molecule has 1 heterocycles. The number of aryl methyl sites for hydroxylation is 2. The first kappa shape index (κ1) is 10.4. The molecule has 0 spiro atoms. The van der Waals surface area contributed by atoms with Gasteiger partial charge in [-0.2, -0.15) is 0 Å². The fraction of sp³-hybridized carbons (Fsp3) is 0.357. The number of rotatable bonds is 1. The third kappa shape index (κ3) is 1.46. The summed E-state index contributed by atoms with van der Waals surface area (Å²) in [7, 11) is 1.65. The zero-order valence-corrected chi connectivity index (χ0v) is 10.1. The van der Waals surface area contributed by atoms with Crippen LogP contribution in [0.1, 0.15) is 34.5 Å². The molecule has 0 fully saturated rings. The summed E-state index contributed by atoms with van der Waals surface area (Å²) in [5, 5.41) is 1.02. The van der Waals surface area contributed by atoms with Crippen LogP contribution in [0.4, 0.5) is 0 Å². The minimum Gasteiger partial charge on any atom is -0.497 e. The number of aromatic amines is 1. The molecule has 0 saturated carbocycles. The van der Waals surface area contributed by atoms with Crippen LogP contribution in [0.5, 0.6) is 5.75 Å². The first-order chi connectivity index (χ1) is 8.20. The average molecular weight is 229 g/mol. The fourth-order valence-corrected chi connectivity index (χ4v) is 2.67. The summed E-state index contributed by atoms with van der Waals surface area (Å²) in [6.45, 7) is 2.04. The SMILES string of the molecule is COc1cc(C)c2[nH]c3c(c2c1)C(=O)CCC3. The molecule has 1 aliphatic carbocycles. The predicted octanol–water partition coefficient (Wildman–Crippen LogP) is 3.00. The first-order valence-electron chi connectivity index (χ1n) is 5.93. The molecule has 3 nitrogen and oxygen atoms in total. The Kier molecular flexibility index (Phi) is 2.21. The molecule has 1 N–H and O–H groups in total. The van der Waals surface area contributed by atoms with E-state index in [1.54, 1.807) is 7.11 Å². The Labute approximate surface area is 99.8 Å². The minimum absolute atomic E-state index is 0.255. The van der Waals surface area contributed by atoms with Gasteiger partial charge in [0, 0.05) is 28.6 Å². The standard InChI is InChI=1S/C14H15NO2/c1-8-6-9(17-2)7-10-13-11(15-14(8)10)4-3-5-12(13)16/h6-7,15H,3-5H2,1-2H3. The second-order valence-electron chi connectivity index (χ2n) is 4.62. The quantitative estimate of drug-likeness (QED) is 0.816. The second-order valence-corrected chi connectivity index (χ2v) is 4.62. The van der Waals surface area contributed by atoms with Gasteiger partial charge in [0.1, 0.15) is 5.75 Å². The summed E-state index contributed by atoms with van der Waals surface area (Å²) in [5.74, 6) is 1.07. The van der Waals surface area contributed by atoms with Crippen molar-refractivity contribution >= 4 is 16.7 Å². The summed E-state index contributed by atoms with van der Waals surface area (Å²) in [5.41, 5.74) is 4.17. The molecular weight excluding hydrogens is 214 g/mol. The van der Waals surface area contributed by atoms with Gasteiger partial charge in [0.15, 0.2) is 5.78 Å². The summed E-state index contributed by atoms with van der Waals surface area (Å²) < 4.78 is 5.27. The van der Waals surface area contributed by atoms with Gasteiger partial charge in [-0.1, -0.05) is 0 Å². The maximum Gasteiger partial charge on any atom is 0.165 e. The molecule has 0 saturated heterocycles. The van der Waals surface area contributed by atoms with Gasteiger partial charge in [-0.25, -0.2) is 0 Å². The fourth-order valence-electron chi connectivity index (χ4n) is 2.67. The van der Waals surface area contributed by atoms with E-state index >= 15 is 0 Å². The minimum atomic E-state index is 0.255. The van der Waals surface area contributed by atoms with Gasteiger partial charge in [-0.05, 0) is 37.5 Å². The Hall–Kier alpha value is -1.77. The highest BCUT2D eigenvalue weighted by Crippen LogP contribution is 2.33. The second kappa shape index (κ2) is 3.62. The van der Waals surface area contributed by atoms with Gasteiger partial charge in [0.05, 0.1) is 7.11 Å². The number of ketones is 1. The Balaban J connectivity index is 2.36. The van der Waals surface area contributed by atoms with E-state index < -0.39 is 0 Å². The molecule has 0 radical (unpaired) electrons. The normalized spacial score (nSPS) is 15.1. The van der Waals surface area contributed by atoms with Crippen LogP contribution in [0.3, 0.4) is 0 Å². The van der Waals surface area contributed by atoms with Gasteiger partial charge in [-0.3, -0.25) is 4.79 Å². The van der Waals surface area contributed by atoms with Crippen LogP contribution in [-0.4, -0.2) is 17.9 Å². The van der Waals surface area contributed by atoms with Crippen LogP contribution in [0, 0.1) is 6.92 Å². The van der Waals surface area contributed by atoms with Gasteiger partial charge >= 0.3 is 0 Å². The van der Waals surface area contributed by atoms with Crippen molar-refractivity contribution in [2.45, 2.75) is 26.2 Å². The Morgan fingerprint density at radius 1 is 1.29 bits per heavy atom. The molecule has 0 aliphatic heterocycles. The summed E-state index contributed by atoms with van der Waals surface area (Å²) in [6.07, 6.45) is 2.59. The first-order valence-corrected chi connectivity index (χ1v) is 5.93. The Morgan fingerprint density at radius 2 is 2.12 bits per heavy atom. The van der Waals surface area contributed by atoms with Crippen LogP contribution >= 0.6 is 0 Å². The third-order valence-electron chi connectivity index (χ3n) is 3.50. The van der Waals surface area contributed by atoms with Crippen LogP contribution in [0.15, 0.2) is 12.1 Å². The number of hydrogen-bond acceptors (Lipinski definition) is 2. The molecule has 17 heavy (non-hydrogen) atoms. The molecule has 1 aromatic carbocycles. The lowest BCUT2D eigenvalue weighted by atomic mass is 9.94. The average Bonchev–Trinajstić information content (AvgIpc) is 2.69. The van der Waals surface area contributed by atoms with E-state index in [9.17, 15) is 4.79 Å². The monoisotopic (exact) mass is 229 g/mol. The van der Waals surface area contributed by atoms with Gasteiger partial charge in [0.2, 0.25) is 0 Å². The highest BCUT2D eigenvalue weighted by atomic mass is 16.5. The molecule has 3 rings (SSSR count). The van der Waals surface area contributed by atoms with Crippen molar-refractivity contribution in [3.63, 3.8) is 0 Å². The van der Waals surface area contributed by atoms with E-state index in [1.165, 1.54) is 0 Å². The van der Waals surface area contributed by atoms with E-state index in [0.717, 1.165) is 46.3 Å². The largest absolute Gasteiger partial charge is 0.497 e. The van der Waals surface area contributed by atoms with E-state index in [4.69, 9.17) is 4.74 Å². The summed E-state index contributed by atoms with van der Waals surface area (Å²) in [6, 6.07) is 3.95. The number of benzene rings is 1. The lowest BCUT2D eigenvalue weighted by Crippen LogP contribution is -2.09. The van der Waals surface area contributed by atoms with Crippen molar-refractivity contribution in [3.8, 4) is 5.75 Å². The number of nitrogens with one attached hydrogen (secondary N) is 1. The molecule has 0 unspecified atom stereocenters. The number of methoxy groups -OCH3 is 1. The summed E-state index contributed by atoms with van der Waals surface area (Å²) in [4.78, 5) is 15.4. The molecule has 3 heteroatoms. The number of aromatic nitrogens is 1. The lowest BCUT2D eigenvalue weighted by Gasteiger charge is -2.09. The van der Waals surface area contributed by atoms with Crippen molar-refractivity contribution in [1.82, 2.24) is 4.98 Å². The van der Waals surface area contributed by atoms with Crippen LogP contribution in [0.25, 0.3) is 10.9 Å². The zero-order valence-electron chi connectivity index (χ0n) is 10.1. The van der Waals surface area contributed by atoms with Crippen LogP contribution < -0.4 is 4.74 Å². The van der Waals surface area contributed by atoms with Crippen LogP contribution in [0.2, 0.25) is 0 Å². The smallest absolute Gasteiger partial charge is 0.165 e. The molecule has 1 aromatic heterocycles. The molecular formula is C14H15NO2. The molecule has 0 atom stereocenters. The maximum absolute atomic E-state index is 12.0. The van der Waals surface area contributed by atoms with E-state index in [-0.39, 0.29) is 5.78 Å². The van der Waals surface area contributed by atoms with Gasteiger partial charge in [0.25, 0.3) is 0 Å². The van der Waals surface area contributed by atoms with Gasteiger partial charge in [-0.15, -0.1) is 0 Å². The number of fused-ring (bicyclic) bond motifs is 3. The van der Waals surface area contributed by atoms with E-state index in [2.05, 4.69) is 4.98 Å². The Bertz CT molecular complexity index is 610. The highest BCUT2D eigenvalue weighted by molar-refractivity contribution is 6.10. The molecule has 88 valence electrons. The summed E-state index contributed by atoms with van der Waals surface area (Å²) >= 11 is 0.